The van der Waals surface area contributed by atoms with Gasteiger partial charge in [-0.2, -0.15) is 0 Å². The van der Waals surface area contributed by atoms with Crippen LogP contribution in [0.2, 0.25) is 0 Å². The van der Waals surface area contributed by atoms with Crippen LogP contribution in [0.1, 0.15) is 28.3 Å². The number of aryl methyl sites for hydroxylation is 2. The summed E-state index contributed by atoms with van der Waals surface area (Å²) in [6.07, 6.45) is 4.03. The number of fused-ring (bicyclic) bond motifs is 2. The number of nitrogens with two attached hydrogens (primary N) is 1. The Morgan fingerprint density at radius 2 is 1.82 bits per heavy atom. The molecular formula is C15H16N2. The third-order valence-corrected chi connectivity index (χ3v) is 3.59. The predicted octanol–water partition coefficient (Wildman–Crippen LogP) is 2.27. The molecule has 0 saturated heterocycles. The van der Waals surface area contributed by atoms with Gasteiger partial charge < -0.3 is 5.73 Å². The van der Waals surface area contributed by atoms with Crippen LogP contribution < -0.4 is 5.73 Å². The lowest BCUT2D eigenvalue weighted by molar-refractivity contribution is 0.781. The lowest BCUT2D eigenvalue weighted by atomic mass is 9.92. The first-order chi connectivity index (χ1) is 8.40. The fourth-order valence-electron chi connectivity index (χ4n) is 2.73. The second-order valence-corrected chi connectivity index (χ2v) is 4.53. The Bertz CT molecular complexity index is 486. The lowest BCUT2D eigenvalue weighted by Crippen LogP contribution is -2.16. The minimum Gasteiger partial charge on any atom is -0.329 e. The van der Waals surface area contributed by atoms with E-state index >= 15 is 0 Å². The molecule has 17 heavy (non-hydrogen) atoms. The van der Waals surface area contributed by atoms with Crippen LogP contribution in [0, 0.1) is 0 Å². The second-order valence-electron chi connectivity index (χ2n) is 4.53. The molecule has 2 N–H and O–H groups in total. The number of pyridine rings is 1. The standard InChI is InChI=1S/C15H16N2/c16-10-14-13-6-2-1-4-11(13)7-8-12-5-3-9-17-15(12)14/h1-6,9,14H,7-8,10,16H2. The number of aromatic nitrogens is 1. The second kappa shape index (κ2) is 4.30. The van der Waals surface area contributed by atoms with Crippen molar-refractivity contribution < 1.29 is 0 Å². The molecule has 2 aromatic rings. The zero-order valence-corrected chi connectivity index (χ0v) is 9.76. The van der Waals surface area contributed by atoms with Gasteiger partial charge in [-0.05, 0) is 35.6 Å². The highest BCUT2D eigenvalue weighted by Crippen LogP contribution is 2.31. The largest absolute Gasteiger partial charge is 0.329 e. The zero-order valence-electron chi connectivity index (χ0n) is 9.76. The van der Waals surface area contributed by atoms with Gasteiger partial charge in [-0.25, -0.2) is 0 Å². The van der Waals surface area contributed by atoms with E-state index < -0.39 is 0 Å². The van der Waals surface area contributed by atoms with Gasteiger partial charge in [-0.3, -0.25) is 4.98 Å². The SMILES string of the molecule is NCC1c2ccccc2CCc2cccnc21. The van der Waals surface area contributed by atoms with Gasteiger partial charge in [0.15, 0.2) is 0 Å². The fraction of sp³-hybridized carbons (Fsp3) is 0.267. The van der Waals surface area contributed by atoms with Crippen molar-refractivity contribution >= 4 is 0 Å². The molecule has 1 atom stereocenters. The lowest BCUT2D eigenvalue weighted by Gasteiger charge is -2.16. The van der Waals surface area contributed by atoms with E-state index in [0.29, 0.717) is 6.54 Å². The Labute approximate surface area is 102 Å². The molecule has 0 radical (unpaired) electrons. The number of hydrogen-bond donors (Lipinski definition) is 1. The molecular weight excluding hydrogens is 208 g/mol. The molecule has 0 bridgehead atoms. The molecule has 2 heteroatoms. The molecule has 1 aromatic heterocycles. The summed E-state index contributed by atoms with van der Waals surface area (Å²) in [5, 5.41) is 0. The van der Waals surface area contributed by atoms with Crippen LogP contribution in [0.15, 0.2) is 42.6 Å². The molecule has 1 unspecified atom stereocenters. The summed E-state index contributed by atoms with van der Waals surface area (Å²) >= 11 is 0. The highest BCUT2D eigenvalue weighted by atomic mass is 14.7. The van der Waals surface area contributed by atoms with E-state index in [4.69, 9.17) is 5.73 Å². The van der Waals surface area contributed by atoms with Gasteiger partial charge in [0.25, 0.3) is 0 Å². The van der Waals surface area contributed by atoms with Crippen molar-refractivity contribution in [3.8, 4) is 0 Å². The van der Waals surface area contributed by atoms with Gasteiger partial charge in [0.05, 0.1) is 5.69 Å². The van der Waals surface area contributed by atoms with Crippen LogP contribution in [0.5, 0.6) is 0 Å². The van der Waals surface area contributed by atoms with Crippen molar-refractivity contribution in [2.24, 2.45) is 5.73 Å². The van der Waals surface area contributed by atoms with Crippen LogP contribution in [-0.2, 0) is 12.8 Å². The Balaban J connectivity index is 2.19. The Hall–Kier alpha value is -1.67. The Morgan fingerprint density at radius 1 is 1.06 bits per heavy atom. The summed E-state index contributed by atoms with van der Waals surface area (Å²) < 4.78 is 0. The van der Waals surface area contributed by atoms with Gasteiger partial charge in [0.1, 0.15) is 0 Å². The molecule has 86 valence electrons. The van der Waals surface area contributed by atoms with E-state index in [0.717, 1.165) is 12.8 Å². The summed E-state index contributed by atoms with van der Waals surface area (Å²) in [6, 6.07) is 12.8. The molecule has 1 aliphatic carbocycles. The Morgan fingerprint density at radius 3 is 2.71 bits per heavy atom. The normalized spacial score (nSPS) is 18.1. The topological polar surface area (TPSA) is 38.9 Å². The van der Waals surface area contributed by atoms with Crippen molar-refractivity contribution in [2.45, 2.75) is 18.8 Å². The molecule has 0 aliphatic heterocycles. The summed E-state index contributed by atoms with van der Waals surface area (Å²) in [7, 11) is 0. The molecule has 0 saturated carbocycles. The number of nitrogens with zero attached hydrogens (tertiary/aromatic N) is 1. The van der Waals surface area contributed by atoms with Crippen LogP contribution in [0.25, 0.3) is 0 Å². The van der Waals surface area contributed by atoms with Crippen molar-refractivity contribution in [3.63, 3.8) is 0 Å². The molecule has 1 aromatic carbocycles. The van der Waals surface area contributed by atoms with Gasteiger partial charge in [0.2, 0.25) is 0 Å². The quantitative estimate of drug-likeness (QED) is 0.807. The maximum Gasteiger partial charge on any atom is 0.0523 e. The van der Waals surface area contributed by atoms with Gasteiger partial charge in [0, 0.05) is 18.7 Å². The third kappa shape index (κ3) is 1.75. The van der Waals surface area contributed by atoms with E-state index in [1.165, 1.54) is 22.4 Å². The predicted molar refractivity (Wildman–Crippen MR) is 69.0 cm³/mol. The van der Waals surface area contributed by atoms with E-state index in [-0.39, 0.29) is 5.92 Å². The first-order valence-corrected chi connectivity index (χ1v) is 6.12. The van der Waals surface area contributed by atoms with Gasteiger partial charge in [-0.15, -0.1) is 0 Å². The average Bonchev–Trinajstić information content (AvgIpc) is 2.55. The van der Waals surface area contributed by atoms with E-state index in [1.807, 2.05) is 12.3 Å². The smallest absolute Gasteiger partial charge is 0.0523 e. The van der Waals surface area contributed by atoms with Gasteiger partial charge >= 0.3 is 0 Å². The minimum absolute atomic E-state index is 0.255. The monoisotopic (exact) mass is 224 g/mol. The molecule has 0 fully saturated rings. The fourth-order valence-corrected chi connectivity index (χ4v) is 2.73. The molecule has 2 nitrogen and oxygen atoms in total. The summed E-state index contributed by atoms with van der Waals surface area (Å²) in [5.41, 5.74) is 11.2. The summed E-state index contributed by atoms with van der Waals surface area (Å²) in [5.74, 6) is 0.255. The number of rotatable bonds is 1. The minimum atomic E-state index is 0.255. The number of benzene rings is 1. The van der Waals surface area contributed by atoms with Crippen LogP contribution >= 0.6 is 0 Å². The van der Waals surface area contributed by atoms with E-state index in [9.17, 15) is 0 Å². The molecule has 3 rings (SSSR count). The molecule has 0 spiro atoms. The van der Waals surface area contributed by atoms with Crippen molar-refractivity contribution in [2.75, 3.05) is 6.54 Å². The van der Waals surface area contributed by atoms with Gasteiger partial charge in [-0.1, -0.05) is 30.3 Å². The third-order valence-electron chi connectivity index (χ3n) is 3.59. The maximum atomic E-state index is 5.96. The molecule has 0 amide bonds. The van der Waals surface area contributed by atoms with E-state index in [2.05, 4.69) is 35.3 Å². The van der Waals surface area contributed by atoms with Crippen molar-refractivity contribution in [3.05, 3.63) is 65.0 Å². The van der Waals surface area contributed by atoms with Crippen LogP contribution in [-0.4, -0.2) is 11.5 Å². The highest BCUT2D eigenvalue weighted by Gasteiger charge is 2.22. The van der Waals surface area contributed by atoms with Crippen LogP contribution in [0.4, 0.5) is 0 Å². The Kier molecular flexibility index (Phi) is 2.65. The molecule has 1 heterocycles. The maximum absolute atomic E-state index is 5.96. The highest BCUT2D eigenvalue weighted by molar-refractivity contribution is 5.42. The van der Waals surface area contributed by atoms with Crippen molar-refractivity contribution in [1.29, 1.82) is 0 Å². The van der Waals surface area contributed by atoms with E-state index in [1.54, 1.807) is 0 Å². The number of hydrogen-bond acceptors (Lipinski definition) is 2. The molecule has 1 aliphatic rings. The summed E-state index contributed by atoms with van der Waals surface area (Å²) in [6.45, 7) is 0.626. The average molecular weight is 224 g/mol. The zero-order chi connectivity index (χ0) is 11.7. The first kappa shape index (κ1) is 10.5. The van der Waals surface area contributed by atoms with Crippen LogP contribution in [0.3, 0.4) is 0 Å². The first-order valence-electron chi connectivity index (χ1n) is 6.12. The van der Waals surface area contributed by atoms with Crippen molar-refractivity contribution in [1.82, 2.24) is 4.98 Å². The summed E-state index contributed by atoms with van der Waals surface area (Å²) in [4.78, 5) is 4.55.